The van der Waals surface area contributed by atoms with Gasteiger partial charge < -0.3 is 24.8 Å². The number of benzene rings is 2. The second-order valence-electron chi connectivity index (χ2n) is 6.61. The van der Waals surface area contributed by atoms with E-state index in [1.54, 1.807) is 50.4 Å². The molecule has 2 aromatic carbocycles. The van der Waals surface area contributed by atoms with Crippen LogP contribution in [0.5, 0.6) is 17.2 Å². The summed E-state index contributed by atoms with van der Waals surface area (Å²) in [6, 6.07) is 13.6. The van der Waals surface area contributed by atoms with E-state index in [4.69, 9.17) is 14.2 Å². The molecule has 0 saturated carbocycles. The quantitative estimate of drug-likeness (QED) is 0.410. The standard InChI is InChI=1S/C22H23N7O3/c1-30-17-11-16(12-18(31-2)19(17)32-3)27-20-25-14-26-22(28-20)29-10-9-23-21(29)24-13-15-7-5-4-6-8-15/h4-12,14H,13H2,1-3H3,(H,23,24)(H,25,26,27,28). The summed E-state index contributed by atoms with van der Waals surface area (Å²) in [6.07, 6.45) is 4.90. The molecule has 0 unspecified atom stereocenters. The van der Waals surface area contributed by atoms with Gasteiger partial charge in [0.15, 0.2) is 11.5 Å². The smallest absolute Gasteiger partial charge is 0.241 e. The van der Waals surface area contributed by atoms with Crippen LogP contribution >= 0.6 is 0 Å². The average Bonchev–Trinajstić information content (AvgIpc) is 3.31. The molecule has 0 spiro atoms. The van der Waals surface area contributed by atoms with Gasteiger partial charge in [-0.15, -0.1) is 0 Å². The third kappa shape index (κ3) is 4.53. The lowest BCUT2D eigenvalue weighted by Crippen LogP contribution is -2.10. The van der Waals surface area contributed by atoms with Crippen LogP contribution in [0.15, 0.2) is 61.2 Å². The van der Waals surface area contributed by atoms with E-state index >= 15 is 0 Å². The number of ether oxygens (including phenoxy) is 3. The minimum Gasteiger partial charge on any atom is -0.493 e. The molecule has 0 aliphatic rings. The van der Waals surface area contributed by atoms with E-state index < -0.39 is 0 Å². The highest BCUT2D eigenvalue weighted by Gasteiger charge is 2.15. The predicted octanol–water partition coefficient (Wildman–Crippen LogP) is 3.44. The van der Waals surface area contributed by atoms with Crippen LogP contribution in [0.4, 0.5) is 17.6 Å². The lowest BCUT2D eigenvalue weighted by atomic mass is 10.2. The van der Waals surface area contributed by atoms with Gasteiger partial charge >= 0.3 is 0 Å². The molecule has 0 aliphatic heterocycles. The monoisotopic (exact) mass is 433 g/mol. The third-order valence-electron chi connectivity index (χ3n) is 4.63. The van der Waals surface area contributed by atoms with E-state index in [9.17, 15) is 0 Å². The summed E-state index contributed by atoms with van der Waals surface area (Å²) in [4.78, 5) is 17.4. The number of rotatable bonds is 9. The summed E-state index contributed by atoms with van der Waals surface area (Å²) in [5, 5.41) is 6.46. The van der Waals surface area contributed by atoms with Crippen molar-refractivity contribution >= 4 is 17.6 Å². The number of imidazole rings is 1. The largest absolute Gasteiger partial charge is 0.493 e. The minimum absolute atomic E-state index is 0.354. The summed E-state index contributed by atoms with van der Waals surface area (Å²) in [6.45, 7) is 0.624. The van der Waals surface area contributed by atoms with Gasteiger partial charge in [-0.25, -0.2) is 15.0 Å². The van der Waals surface area contributed by atoms with Gasteiger partial charge in [0.1, 0.15) is 6.33 Å². The molecule has 2 heterocycles. The fourth-order valence-electron chi connectivity index (χ4n) is 3.12. The van der Waals surface area contributed by atoms with Crippen molar-refractivity contribution < 1.29 is 14.2 Å². The molecule has 0 atom stereocenters. The summed E-state index contributed by atoms with van der Waals surface area (Å²) >= 11 is 0. The van der Waals surface area contributed by atoms with E-state index in [2.05, 4.69) is 30.6 Å². The Kier molecular flexibility index (Phi) is 6.30. The summed E-state index contributed by atoms with van der Waals surface area (Å²) in [5.74, 6) is 2.94. The second kappa shape index (κ2) is 9.65. The molecule has 10 nitrogen and oxygen atoms in total. The first-order valence-corrected chi connectivity index (χ1v) is 9.79. The topological polar surface area (TPSA) is 108 Å². The number of nitrogens with zero attached hydrogens (tertiary/aromatic N) is 5. The molecule has 10 heteroatoms. The lowest BCUT2D eigenvalue weighted by Gasteiger charge is -2.14. The van der Waals surface area contributed by atoms with Gasteiger partial charge in [0.05, 0.1) is 21.3 Å². The molecule has 32 heavy (non-hydrogen) atoms. The number of hydrogen-bond acceptors (Lipinski definition) is 9. The maximum absolute atomic E-state index is 5.40. The Labute approximate surface area is 185 Å². The van der Waals surface area contributed by atoms with Crippen LogP contribution in [0.3, 0.4) is 0 Å². The van der Waals surface area contributed by atoms with Crippen molar-refractivity contribution in [3.63, 3.8) is 0 Å². The molecular weight excluding hydrogens is 410 g/mol. The summed E-state index contributed by atoms with van der Waals surface area (Å²) in [5.41, 5.74) is 1.81. The third-order valence-corrected chi connectivity index (χ3v) is 4.63. The molecule has 0 radical (unpaired) electrons. The molecular formula is C22H23N7O3. The minimum atomic E-state index is 0.354. The molecule has 0 aliphatic carbocycles. The van der Waals surface area contributed by atoms with Gasteiger partial charge in [-0.2, -0.15) is 4.98 Å². The predicted molar refractivity (Wildman–Crippen MR) is 120 cm³/mol. The Hall–Kier alpha value is -4.34. The highest BCUT2D eigenvalue weighted by Crippen LogP contribution is 2.40. The molecule has 0 bridgehead atoms. The molecule has 4 rings (SSSR count). The average molecular weight is 433 g/mol. The summed E-state index contributed by atoms with van der Waals surface area (Å²) < 4.78 is 17.9. The van der Waals surface area contributed by atoms with Crippen molar-refractivity contribution in [3.05, 3.63) is 66.7 Å². The Bertz CT molecular complexity index is 1160. The molecule has 164 valence electrons. The summed E-state index contributed by atoms with van der Waals surface area (Å²) in [7, 11) is 4.68. The molecule has 2 aromatic heterocycles. The van der Waals surface area contributed by atoms with Crippen molar-refractivity contribution in [2.45, 2.75) is 6.54 Å². The second-order valence-corrected chi connectivity index (χ2v) is 6.61. The van der Waals surface area contributed by atoms with Crippen LogP contribution in [-0.4, -0.2) is 45.8 Å². The van der Waals surface area contributed by atoms with E-state index in [1.165, 1.54) is 6.33 Å². The molecule has 0 fully saturated rings. The number of aromatic nitrogens is 5. The van der Waals surface area contributed by atoms with Crippen molar-refractivity contribution in [2.75, 3.05) is 32.0 Å². The zero-order valence-corrected chi connectivity index (χ0v) is 17.9. The molecule has 2 N–H and O–H groups in total. The van der Waals surface area contributed by atoms with Crippen molar-refractivity contribution in [1.82, 2.24) is 24.5 Å². The van der Waals surface area contributed by atoms with Crippen LogP contribution in [0.25, 0.3) is 5.95 Å². The first-order valence-electron chi connectivity index (χ1n) is 9.79. The van der Waals surface area contributed by atoms with Crippen LogP contribution in [0.2, 0.25) is 0 Å². The van der Waals surface area contributed by atoms with Gasteiger partial charge in [0.2, 0.25) is 23.6 Å². The van der Waals surface area contributed by atoms with Gasteiger partial charge in [0.25, 0.3) is 0 Å². The van der Waals surface area contributed by atoms with E-state index in [0.29, 0.717) is 47.3 Å². The highest BCUT2D eigenvalue weighted by molar-refractivity contribution is 5.65. The van der Waals surface area contributed by atoms with E-state index in [-0.39, 0.29) is 0 Å². The first-order chi connectivity index (χ1) is 15.7. The zero-order chi connectivity index (χ0) is 22.3. The van der Waals surface area contributed by atoms with Crippen LogP contribution in [0.1, 0.15) is 5.56 Å². The normalized spacial score (nSPS) is 10.5. The maximum Gasteiger partial charge on any atom is 0.241 e. The number of methoxy groups -OCH3 is 3. The van der Waals surface area contributed by atoms with Crippen molar-refractivity contribution in [1.29, 1.82) is 0 Å². The first kappa shape index (κ1) is 20.9. The fourth-order valence-corrected chi connectivity index (χ4v) is 3.12. The number of hydrogen-bond donors (Lipinski definition) is 2. The van der Waals surface area contributed by atoms with Crippen molar-refractivity contribution in [3.8, 4) is 23.2 Å². The van der Waals surface area contributed by atoms with Crippen LogP contribution in [0, 0.1) is 0 Å². The maximum atomic E-state index is 5.40. The molecule has 0 saturated heterocycles. The fraction of sp³-hybridized carbons (Fsp3) is 0.182. The van der Waals surface area contributed by atoms with Crippen molar-refractivity contribution in [2.24, 2.45) is 0 Å². The number of anilines is 3. The Morgan fingerprint density at radius 1 is 0.906 bits per heavy atom. The molecule has 4 aromatic rings. The molecule has 0 amide bonds. The Morgan fingerprint density at radius 3 is 2.34 bits per heavy atom. The zero-order valence-electron chi connectivity index (χ0n) is 17.9. The van der Waals surface area contributed by atoms with E-state index in [0.717, 1.165) is 5.56 Å². The van der Waals surface area contributed by atoms with Crippen LogP contribution < -0.4 is 24.8 Å². The van der Waals surface area contributed by atoms with Gasteiger partial charge in [-0.1, -0.05) is 30.3 Å². The SMILES string of the molecule is COc1cc(Nc2ncnc(-n3ccnc3NCc3ccccc3)n2)cc(OC)c1OC. The highest BCUT2D eigenvalue weighted by atomic mass is 16.5. The lowest BCUT2D eigenvalue weighted by molar-refractivity contribution is 0.324. The number of nitrogens with one attached hydrogen (secondary N) is 2. The van der Waals surface area contributed by atoms with Gasteiger partial charge in [-0.3, -0.25) is 4.57 Å². The van der Waals surface area contributed by atoms with E-state index in [1.807, 2.05) is 30.3 Å². The Morgan fingerprint density at radius 2 is 1.66 bits per heavy atom. The Balaban J connectivity index is 1.56. The van der Waals surface area contributed by atoms with Gasteiger partial charge in [0, 0.05) is 36.8 Å². The van der Waals surface area contributed by atoms with Crippen LogP contribution in [-0.2, 0) is 6.54 Å². The van der Waals surface area contributed by atoms with Gasteiger partial charge in [-0.05, 0) is 5.56 Å².